The third kappa shape index (κ3) is 4.40. The summed E-state index contributed by atoms with van der Waals surface area (Å²) in [5.74, 6) is -1.71. The highest BCUT2D eigenvalue weighted by Crippen LogP contribution is 2.08. The molecule has 1 rings (SSSR count). The first-order valence-electron chi connectivity index (χ1n) is 5.13. The highest BCUT2D eigenvalue weighted by molar-refractivity contribution is 6.30. The Labute approximate surface area is 104 Å². The van der Waals surface area contributed by atoms with Gasteiger partial charge in [0.05, 0.1) is 5.92 Å². The second kappa shape index (κ2) is 6.20. The van der Waals surface area contributed by atoms with E-state index in [0.29, 0.717) is 18.0 Å². The summed E-state index contributed by atoms with van der Waals surface area (Å²) < 4.78 is 0. The summed E-state index contributed by atoms with van der Waals surface area (Å²) >= 11 is 5.72. The second-order valence-electron chi connectivity index (χ2n) is 3.64. The van der Waals surface area contributed by atoms with Crippen molar-refractivity contribution in [1.82, 2.24) is 10.3 Å². The predicted octanol–water partition coefficient (Wildman–Crippen LogP) is 1.58. The zero-order chi connectivity index (χ0) is 12.8. The number of hydrogen-bond acceptors (Lipinski definition) is 3. The number of rotatable bonds is 5. The van der Waals surface area contributed by atoms with Crippen molar-refractivity contribution in [2.75, 3.05) is 6.54 Å². The van der Waals surface area contributed by atoms with Gasteiger partial charge in [0.15, 0.2) is 0 Å². The van der Waals surface area contributed by atoms with E-state index in [1.807, 2.05) is 0 Å². The lowest BCUT2D eigenvalue weighted by molar-refractivity contribution is -0.141. The molecule has 0 saturated carbocycles. The van der Waals surface area contributed by atoms with Gasteiger partial charge in [-0.2, -0.15) is 0 Å². The second-order valence-corrected chi connectivity index (χ2v) is 4.08. The molecule has 92 valence electrons. The summed E-state index contributed by atoms with van der Waals surface area (Å²) in [6.45, 7) is 1.88. The standard InChI is InChI=1S/C11H13ClN2O3/c1-7(11(16)17)2-4-14-10(15)9-6-8(12)3-5-13-9/h3,5-7H,2,4H2,1H3,(H,14,15)(H,16,17). The molecule has 17 heavy (non-hydrogen) atoms. The number of hydrogen-bond donors (Lipinski definition) is 2. The van der Waals surface area contributed by atoms with Gasteiger partial charge in [-0.1, -0.05) is 18.5 Å². The van der Waals surface area contributed by atoms with Gasteiger partial charge in [-0.25, -0.2) is 0 Å². The fourth-order valence-electron chi connectivity index (χ4n) is 1.15. The number of pyridine rings is 1. The topological polar surface area (TPSA) is 79.3 Å². The minimum absolute atomic E-state index is 0.223. The van der Waals surface area contributed by atoms with Gasteiger partial charge in [0.25, 0.3) is 5.91 Å². The Hall–Kier alpha value is -1.62. The number of amides is 1. The molecule has 1 atom stereocenters. The van der Waals surface area contributed by atoms with Crippen LogP contribution in [0.25, 0.3) is 0 Å². The largest absolute Gasteiger partial charge is 0.481 e. The lowest BCUT2D eigenvalue weighted by Gasteiger charge is -2.07. The lowest BCUT2D eigenvalue weighted by Crippen LogP contribution is -2.27. The summed E-state index contributed by atoms with van der Waals surface area (Å²) in [5, 5.41) is 11.7. The molecule has 0 radical (unpaired) electrons. The zero-order valence-corrected chi connectivity index (χ0v) is 10.1. The molecule has 1 heterocycles. The molecule has 1 aromatic rings. The zero-order valence-electron chi connectivity index (χ0n) is 9.31. The molecule has 0 aliphatic rings. The Balaban J connectivity index is 2.43. The number of nitrogens with one attached hydrogen (secondary N) is 1. The number of nitrogens with zero attached hydrogens (tertiary/aromatic N) is 1. The molecular formula is C11H13ClN2O3. The number of carbonyl (C=O) groups excluding carboxylic acids is 1. The van der Waals surface area contributed by atoms with Crippen LogP contribution in [-0.4, -0.2) is 28.5 Å². The molecule has 0 spiro atoms. The summed E-state index contributed by atoms with van der Waals surface area (Å²) in [5.41, 5.74) is 0.223. The van der Waals surface area contributed by atoms with E-state index < -0.39 is 11.9 Å². The van der Waals surface area contributed by atoms with Gasteiger partial charge in [0, 0.05) is 17.8 Å². The number of carboxylic acid groups (broad SMARTS) is 1. The molecule has 0 aromatic carbocycles. The van der Waals surface area contributed by atoms with Crippen molar-refractivity contribution in [2.45, 2.75) is 13.3 Å². The molecule has 2 N–H and O–H groups in total. The highest BCUT2D eigenvalue weighted by atomic mass is 35.5. The van der Waals surface area contributed by atoms with E-state index in [4.69, 9.17) is 16.7 Å². The van der Waals surface area contributed by atoms with Crippen molar-refractivity contribution in [2.24, 2.45) is 5.92 Å². The normalized spacial score (nSPS) is 11.9. The maximum atomic E-state index is 11.6. The van der Waals surface area contributed by atoms with E-state index in [0.717, 1.165) is 0 Å². The average molecular weight is 257 g/mol. The fraction of sp³-hybridized carbons (Fsp3) is 0.364. The highest BCUT2D eigenvalue weighted by Gasteiger charge is 2.12. The van der Waals surface area contributed by atoms with Gasteiger partial charge in [-0.3, -0.25) is 14.6 Å². The summed E-state index contributed by atoms with van der Waals surface area (Å²) in [6.07, 6.45) is 1.82. The fourth-order valence-corrected chi connectivity index (χ4v) is 1.30. The van der Waals surface area contributed by atoms with Gasteiger partial charge < -0.3 is 10.4 Å². The predicted molar refractivity (Wildman–Crippen MR) is 63.0 cm³/mol. The number of carboxylic acids is 1. The Morgan fingerprint density at radius 2 is 2.29 bits per heavy atom. The molecule has 5 nitrogen and oxygen atoms in total. The minimum Gasteiger partial charge on any atom is -0.481 e. The third-order valence-corrected chi connectivity index (χ3v) is 2.47. The van der Waals surface area contributed by atoms with E-state index in [1.165, 1.54) is 12.3 Å². The minimum atomic E-state index is -0.875. The first-order valence-corrected chi connectivity index (χ1v) is 5.51. The van der Waals surface area contributed by atoms with Crippen LogP contribution in [0, 0.1) is 5.92 Å². The molecule has 6 heteroatoms. The summed E-state index contributed by atoms with van der Waals surface area (Å²) in [4.78, 5) is 26.0. The van der Waals surface area contributed by atoms with Gasteiger partial charge in [-0.15, -0.1) is 0 Å². The van der Waals surface area contributed by atoms with Crippen molar-refractivity contribution in [3.63, 3.8) is 0 Å². The van der Waals surface area contributed by atoms with Gasteiger partial charge in [0.2, 0.25) is 0 Å². The third-order valence-electron chi connectivity index (χ3n) is 2.24. The van der Waals surface area contributed by atoms with Crippen LogP contribution in [0.3, 0.4) is 0 Å². The van der Waals surface area contributed by atoms with Crippen LogP contribution in [0.1, 0.15) is 23.8 Å². The Bertz CT molecular complexity index is 423. The summed E-state index contributed by atoms with van der Waals surface area (Å²) in [6, 6.07) is 3.03. The molecule has 1 unspecified atom stereocenters. The van der Waals surface area contributed by atoms with Crippen molar-refractivity contribution in [3.8, 4) is 0 Å². The van der Waals surface area contributed by atoms with E-state index in [-0.39, 0.29) is 11.6 Å². The molecule has 0 bridgehead atoms. The number of aromatic nitrogens is 1. The molecule has 0 fully saturated rings. The molecule has 1 aromatic heterocycles. The number of carbonyl (C=O) groups is 2. The maximum absolute atomic E-state index is 11.6. The van der Waals surface area contributed by atoms with Crippen LogP contribution < -0.4 is 5.32 Å². The smallest absolute Gasteiger partial charge is 0.306 e. The molecule has 0 aliphatic heterocycles. The lowest BCUT2D eigenvalue weighted by atomic mass is 10.1. The molecule has 0 aliphatic carbocycles. The van der Waals surface area contributed by atoms with Crippen molar-refractivity contribution >= 4 is 23.5 Å². The van der Waals surface area contributed by atoms with E-state index in [1.54, 1.807) is 13.0 Å². The Morgan fingerprint density at radius 3 is 2.88 bits per heavy atom. The van der Waals surface area contributed by atoms with E-state index in [2.05, 4.69) is 10.3 Å². The molecule has 1 amide bonds. The number of halogens is 1. The first-order chi connectivity index (χ1) is 8.00. The SMILES string of the molecule is CC(CCNC(=O)c1cc(Cl)ccn1)C(=O)O. The average Bonchev–Trinajstić information content (AvgIpc) is 2.28. The Kier molecular flexibility index (Phi) is 4.90. The van der Waals surface area contributed by atoms with E-state index >= 15 is 0 Å². The first kappa shape index (κ1) is 13.4. The van der Waals surface area contributed by atoms with Crippen LogP contribution in [0.4, 0.5) is 0 Å². The van der Waals surface area contributed by atoms with Crippen molar-refractivity contribution < 1.29 is 14.7 Å². The van der Waals surface area contributed by atoms with E-state index in [9.17, 15) is 9.59 Å². The number of aliphatic carboxylic acids is 1. The Morgan fingerprint density at radius 1 is 1.59 bits per heavy atom. The van der Waals surface area contributed by atoms with Crippen LogP contribution in [0.15, 0.2) is 18.3 Å². The van der Waals surface area contributed by atoms with Crippen LogP contribution in [-0.2, 0) is 4.79 Å². The quantitative estimate of drug-likeness (QED) is 0.838. The van der Waals surface area contributed by atoms with Gasteiger partial charge in [-0.05, 0) is 18.6 Å². The van der Waals surface area contributed by atoms with Crippen LogP contribution in [0.5, 0.6) is 0 Å². The maximum Gasteiger partial charge on any atom is 0.306 e. The van der Waals surface area contributed by atoms with Gasteiger partial charge >= 0.3 is 5.97 Å². The molecular weight excluding hydrogens is 244 g/mol. The van der Waals surface area contributed by atoms with Crippen molar-refractivity contribution in [1.29, 1.82) is 0 Å². The summed E-state index contributed by atoms with van der Waals surface area (Å²) in [7, 11) is 0. The monoisotopic (exact) mass is 256 g/mol. The molecule has 0 saturated heterocycles. The van der Waals surface area contributed by atoms with Crippen LogP contribution >= 0.6 is 11.6 Å². The van der Waals surface area contributed by atoms with Gasteiger partial charge in [0.1, 0.15) is 5.69 Å². The van der Waals surface area contributed by atoms with Crippen molar-refractivity contribution in [3.05, 3.63) is 29.0 Å². The van der Waals surface area contributed by atoms with Crippen LogP contribution in [0.2, 0.25) is 5.02 Å².